The smallest absolute Gasteiger partial charge is 0.136 e. The summed E-state index contributed by atoms with van der Waals surface area (Å²) >= 11 is 0. The van der Waals surface area contributed by atoms with Crippen LogP contribution in [0.1, 0.15) is 18.4 Å². The number of H-pyrrole nitrogens is 1. The fourth-order valence-electron chi connectivity index (χ4n) is 3.82. The summed E-state index contributed by atoms with van der Waals surface area (Å²) in [5, 5.41) is 3.12. The zero-order chi connectivity index (χ0) is 18.8. The summed E-state index contributed by atoms with van der Waals surface area (Å²) in [5.74, 6) is 0.610. The van der Waals surface area contributed by atoms with E-state index in [1.54, 1.807) is 19.2 Å². The standard InChI is InChI=1S/C23H23FN2O/c1-27-23-17-7-3-2-6-15(17)9-11-19(23)22-18(8-4-5-13-25)20-14-16(24)10-12-21(20)26-22/h2-3,6-7,9-12,14,26H,4-5,8,13,25H2,1H3. The SMILES string of the molecule is COc1c(-c2[nH]c3ccc(F)cc3c2CCCCN)ccc2ccccc12. The Bertz CT molecular complexity index is 1100. The van der Waals surface area contributed by atoms with E-state index in [9.17, 15) is 4.39 Å². The van der Waals surface area contributed by atoms with E-state index in [1.807, 2.05) is 12.1 Å². The maximum absolute atomic E-state index is 13.9. The van der Waals surface area contributed by atoms with Gasteiger partial charge < -0.3 is 15.5 Å². The van der Waals surface area contributed by atoms with Crippen LogP contribution in [0.5, 0.6) is 5.75 Å². The third kappa shape index (κ3) is 3.17. The molecule has 0 saturated carbocycles. The second kappa shape index (κ2) is 7.41. The second-order valence-corrected chi connectivity index (χ2v) is 6.78. The molecule has 0 saturated heterocycles. The van der Waals surface area contributed by atoms with Crippen LogP contribution in [0.3, 0.4) is 0 Å². The lowest BCUT2D eigenvalue weighted by Gasteiger charge is -2.13. The normalized spacial score (nSPS) is 11.4. The molecular formula is C23H23FN2O. The highest BCUT2D eigenvalue weighted by Gasteiger charge is 2.18. The lowest BCUT2D eigenvalue weighted by Crippen LogP contribution is -1.99. The number of aromatic nitrogens is 1. The molecule has 0 amide bonds. The predicted molar refractivity (Wildman–Crippen MR) is 110 cm³/mol. The van der Waals surface area contributed by atoms with Gasteiger partial charge in [0.05, 0.1) is 12.8 Å². The third-order valence-corrected chi connectivity index (χ3v) is 5.10. The minimum atomic E-state index is -0.224. The summed E-state index contributed by atoms with van der Waals surface area (Å²) in [7, 11) is 1.70. The molecule has 0 atom stereocenters. The fourth-order valence-corrected chi connectivity index (χ4v) is 3.82. The van der Waals surface area contributed by atoms with Gasteiger partial charge >= 0.3 is 0 Å². The van der Waals surface area contributed by atoms with Gasteiger partial charge in [0.2, 0.25) is 0 Å². The molecule has 4 aromatic rings. The van der Waals surface area contributed by atoms with Crippen LogP contribution in [0, 0.1) is 5.82 Å². The van der Waals surface area contributed by atoms with Crippen molar-refractivity contribution in [2.24, 2.45) is 5.73 Å². The number of nitrogens with two attached hydrogens (primary N) is 1. The van der Waals surface area contributed by atoms with E-state index >= 15 is 0 Å². The molecule has 0 aliphatic heterocycles. The first kappa shape index (κ1) is 17.6. The van der Waals surface area contributed by atoms with Gasteiger partial charge in [0.1, 0.15) is 11.6 Å². The Hall–Kier alpha value is -2.85. The molecule has 1 aromatic heterocycles. The lowest BCUT2D eigenvalue weighted by molar-refractivity contribution is 0.421. The molecule has 27 heavy (non-hydrogen) atoms. The Morgan fingerprint density at radius 3 is 2.67 bits per heavy atom. The van der Waals surface area contributed by atoms with Crippen LogP contribution in [-0.2, 0) is 6.42 Å². The van der Waals surface area contributed by atoms with Crippen molar-refractivity contribution in [2.75, 3.05) is 13.7 Å². The van der Waals surface area contributed by atoms with Gasteiger partial charge in [-0.25, -0.2) is 4.39 Å². The van der Waals surface area contributed by atoms with Crippen LogP contribution in [0.2, 0.25) is 0 Å². The zero-order valence-electron chi connectivity index (χ0n) is 15.4. The highest BCUT2D eigenvalue weighted by Crippen LogP contribution is 2.40. The van der Waals surface area contributed by atoms with E-state index in [0.717, 1.165) is 63.5 Å². The molecule has 0 aliphatic rings. The molecule has 4 rings (SSSR count). The van der Waals surface area contributed by atoms with E-state index in [4.69, 9.17) is 10.5 Å². The molecule has 3 aromatic carbocycles. The molecule has 0 unspecified atom stereocenters. The number of benzene rings is 3. The molecule has 0 aliphatic carbocycles. The highest BCUT2D eigenvalue weighted by molar-refractivity contribution is 5.98. The molecule has 0 radical (unpaired) electrons. The number of rotatable bonds is 6. The molecule has 3 nitrogen and oxygen atoms in total. The van der Waals surface area contributed by atoms with Crippen molar-refractivity contribution < 1.29 is 9.13 Å². The maximum atomic E-state index is 13.9. The second-order valence-electron chi connectivity index (χ2n) is 6.78. The molecule has 3 N–H and O–H groups in total. The number of methoxy groups -OCH3 is 1. The number of ether oxygens (including phenoxy) is 1. The van der Waals surface area contributed by atoms with Gasteiger partial charge in [-0.15, -0.1) is 0 Å². The quantitative estimate of drug-likeness (QED) is 0.450. The summed E-state index contributed by atoms with van der Waals surface area (Å²) < 4.78 is 19.7. The van der Waals surface area contributed by atoms with Crippen LogP contribution >= 0.6 is 0 Å². The van der Waals surface area contributed by atoms with Gasteiger partial charge in [0.25, 0.3) is 0 Å². The number of nitrogens with one attached hydrogen (secondary N) is 1. The van der Waals surface area contributed by atoms with Crippen LogP contribution < -0.4 is 10.5 Å². The Morgan fingerprint density at radius 1 is 1.00 bits per heavy atom. The Morgan fingerprint density at radius 2 is 1.85 bits per heavy atom. The summed E-state index contributed by atoms with van der Waals surface area (Å²) in [6, 6.07) is 17.2. The minimum absolute atomic E-state index is 0.224. The van der Waals surface area contributed by atoms with E-state index in [0.29, 0.717) is 6.54 Å². The fraction of sp³-hybridized carbons (Fsp3) is 0.217. The number of aryl methyl sites for hydroxylation is 1. The number of unbranched alkanes of at least 4 members (excludes halogenated alkanes) is 1. The van der Waals surface area contributed by atoms with E-state index in [2.05, 4.69) is 29.2 Å². The van der Waals surface area contributed by atoms with Gasteiger partial charge in [-0.2, -0.15) is 0 Å². The summed E-state index contributed by atoms with van der Waals surface area (Å²) in [6.07, 6.45) is 2.74. The van der Waals surface area contributed by atoms with Crippen LogP contribution in [0.15, 0.2) is 54.6 Å². The topological polar surface area (TPSA) is 51.0 Å². The summed E-state index contributed by atoms with van der Waals surface area (Å²) in [6.45, 7) is 0.658. The van der Waals surface area contributed by atoms with Crippen molar-refractivity contribution in [2.45, 2.75) is 19.3 Å². The Kier molecular flexibility index (Phi) is 4.82. The monoisotopic (exact) mass is 362 g/mol. The Labute approximate surface area is 158 Å². The first-order valence-electron chi connectivity index (χ1n) is 9.29. The van der Waals surface area contributed by atoms with Crippen LogP contribution in [0.25, 0.3) is 32.9 Å². The molecule has 0 fully saturated rings. The Balaban J connectivity index is 1.95. The molecule has 4 heteroatoms. The van der Waals surface area contributed by atoms with Crippen molar-refractivity contribution in [1.82, 2.24) is 4.98 Å². The molecule has 138 valence electrons. The maximum Gasteiger partial charge on any atom is 0.136 e. The number of hydrogen-bond donors (Lipinski definition) is 2. The lowest BCUT2D eigenvalue weighted by atomic mass is 9.97. The first-order valence-corrected chi connectivity index (χ1v) is 9.29. The van der Waals surface area contributed by atoms with Gasteiger partial charge in [0.15, 0.2) is 0 Å². The minimum Gasteiger partial charge on any atom is -0.495 e. The number of aromatic amines is 1. The number of halogens is 1. The largest absolute Gasteiger partial charge is 0.495 e. The molecular weight excluding hydrogens is 339 g/mol. The van der Waals surface area contributed by atoms with E-state index < -0.39 is 0 Å². The third-order valence-electron chi connectivity index (χ3n) is 5.10. The predicted octanol–water partition coefficient (Wildman–Crippen LogP) is 5.42. The van der Waals surface area contributed by atoms with E-state index in [-0.39, 0.29) is 5.82 Å². The van der Waals surface area contributed by atoms with Crippen LogP contribution in [-0.4, -0.2) is 18.6 Å². The van der Waals surface area contributed by atoms with Gasteiger partial charge in [-0.1, -0.05) is 30.3 Å². The summed E-state index contributed by atoms with van der Waals surface area (Å²) in [5.41, 5.74) is 9.72. The number of hydrogen-bond acceptors (Lipinski definition) is 2. The average molecular weight is 362 g/mol. The van der Waals surface area contributed by atoms with E-state index in [1.165, 1.54) is 6.07 Å². The first-order chi connectivity index (χ1) is 13.2. The number of fused-ring (bicyclic) bond motifs is 2. The van der Waals surface area contributed by atoms with Crippen molar-refractivity contribution >= 4 is 21.7 Å². The average Bonchev–Trinajstić information content (AvgIpc) is 3.05. The molecule has 0 spiro atoms. The van der Waals surface area contributed by atoms with Crippen molar-refractivity contribution in [3.63, 3.8) is 0 Å². The zero-order valence-corrected chi connectivity index (χ0v) is 15.4. The summed E-state index contributed by atoms with van der Waals surface area (Å²) in [4.78, 5) is 3.50. The van der Waals surface area contributed by atoms with Gasteiger partial charge in [-0.3, -0.25) is 0 Å². The van der Waals surface area contributed by atoms with Crippen molar-refractivity contribution in [3.05, 3.63) is 66.0 Å². The van der Waals surface area contributed by atoms with Gasteiger partial charge in [0, 0.05) is 21.9 Å². The van der Waals surface area contributed by atoms with Crippen molar-refractivity contribution in [1.29, 1.82) is 0 Å². The highest BCUT2D eigenvalue weighted by atomic mass is 19.1. The molecule has 0 bridgehead atoms. The molecule has 1 heterocycles. The van der Waals surface area contributed by atoms with Gasteiger partial charge in [-0.05, 0) is 61.0 Å². The van der Waals surface area contributed by atoms with Crippen molar-refractivity contribution in [3.8, 4) is 17.0 Å². The van der Waals surface area contributed by atoms with Crippen LogP contribution in [0.4, 0.5) is 4.39 Å².